The number of hydrogen-bond donors (Lipinski definition) is 1. The van der Waals surface area contributed by atoms with E-state index in [2.05, 4.69) is 36.4 Å². The quantitative estimate of drug-likeness (QED) is 0.903. The van der Waals surface area contributed by atoms with Gasteiger partial charge in [0.05, 0.1) is 12.8 Å². The molecule has 1 aromatic heterocycles. The normalized spacial score (nSPS) is 10.5. The Labute approximate surface area is 108 Å². The van der Waals surface area contributed by atoms with E-state index in [-0.39, 0.29) is 0 Å². The summed E-state index contributed by atoms with van der Waals surface area (Å²) >= 11 is 0. The van der Waals surface area contributed by atoms with Crippen LogP contribution in [0.15, 0.2) is 18.2 Å². The van der Waals surface area contributed by atoms with Crippen LogP contribution in [0.2, 0.25) is 0 Å². The molecule has 0 fully saturated rings. The molecule has 0 saturated heterocycles. The van der Waals surface area contributed by atoms with Gasteiger partial charge >= 0.3 is 0 Å². The first kappa shape index (κ1) is 12.5. The summed E-state index contributed by atoms with van der Waals surface area (Å²) in [6.07, 6.45) is 0. The highest BCUT2D eigenvalue weighted by molar-refractivity contribution is 5.69. The van der Waals surface area contributed by atoms with Gasteiger partial charge in [0.1, 0.15) is 11.6 Å². The monoisotopic (exact) mass is 245 g/mol. The van der Waals surface area contributed by atoms with Gasteiger partial charge in [0.2, 0.25) is 0 Å². The van der Waals surface area contributed by atoms with E-state index < -0.39 is 0 Å². The summed E-state index contributed by atoms with van der Waals surface area (Å²) in [6, 6.07) is 6.26. The van der Waals surface area contributed by atoms with Crippen molar-refractivity contribution in [2.24, 2.45) is 7.05 Å². The van der Waals surface area contributed by atoms with Crippen molar-refractivity contribution in [3.63, 3.8) is 0 Å². The molecule has 0 aliphatic rings. The van der Waals surface area contributed by atoms with Crippen LogP contribution in [-0.4, -0.2) is 23.9 Å². The van der Waals surface area contributed by atoms with Crippen molar-refractivity contribution < 1.29 is 4.74 Å². The predicted molar refractivity (Wildman–Crippen MR) is 74.2 cm³/mol. The molecule has 1 heterocycles. The van der Waals surface area contributed by atoms with Crippen LogP contribution in [0.5, 0.6) is 5.75 Å². The molecule has 0 aliphatic heterocycles. The lowest BCUT2D eigenvalue weighted by Gasteiger charge is -2.11. The maximum Gasteiger partial charge on any atom is 0.148 e. The van der Waals surface area contributed by atoms with E-state index in [0.717, 1.165) is 22.8 Å². The minimum atomic E-state index is 0.875. The number of aromatic nitrogens is 2. The van der Waals surface area contributed by atoms with Crippen LogP contribution in [-0.2, 0) is 7.05 Å². The first-order valence-electron chi connectivity index (χ1n) is 5.94. The molecule has 18 heavy (non-hydrogen) atoms. The SMILES string of the molecule is CNc1cc(-c2cc(C)c(OC)cc2C)n(C)n1. The second-order valence-corrected chi connectivity index (χ2v) is 4.43. The summed E-state index contributed by atoms with van der Waals surface area (Å²) < 4.78 is 7.23. The molecular weight excluding hydrogens is 226 g/mol. The van der Waals surface area contributed by atoms with Crippen molar-refractivity contribution >= 4 is 5.82 Å². The van der Waals surface area contributed by atoms with Gasteiger partial charge in [-0.1, -0.05) is 0 Å². The van der Waals surface area contributed by atoms with E-state index >= 15 is 0 Å². The average molecular weight is 245 g/mol. The molecular formula is C14H19N3O. The lowest BCUT2D eigenvalue weighted by Crippen LogP contribution is -1.97. The van der Waals surface area contributed by atoms with Gasteiger partial charge in [-0.2, -0.15) is 5.10 Å². The number of benzene rings is 1. The van der Waals surface area contributed by atoms with Gasteiger partial charge in [0.25, 0.3) is 0 Å². The zero-order valence-electron chi connectivity index (χ0n) is 11.5. The molecule has 0 aliphatic carbocycles. The molecule has 0 bridgehead atoms. The van der Waals surface area contributed by atoms with Crippen molar-refractivity contribution in [2.75, 3.05) is 19.5 Å². The highest BCUT2D eigenvalue weighted by Gasteiger charge is 2.11. The second-order valence-electron chi connectivity index (χ2n) is 4.43. The highest BCUT2D eigenvalue weighted by atomic mass is 16.5. The average Bonchev–Trinajstić information content (AvgIpc) is 2.73. The molecule has 1 N–H and O–H groups in total. The number of hydrogen-bond acceptors (Lipinski definition) is 3. The van der Waals surface area contributed by atoms with E-state index in [1.807, 2.05) is 24.8 Å². The number of aryl methyl sites for hydroxylation is 3. The van der Waals surface area contributed by atoms with Crippen molar-refractivity contribution in [3.05, 3.63) is 29.3 Å². The predicted octanol–water partition coefficient (Wildman–Crippen LogP) is 2.75. The third-order valence-corrected chi connectivity index (χ3v) is 3.15. The first-order chi connectivity index (χ1) is 8.56. The Bertz CT molecular complexity index is 573. The smallest absolute Gasteiger partial charge is 0.148 e. The van der Waals surface area contributed by atoms with E-state index in [1.54, 1.807) is 7.11 Å². The molecule has 0 radical (unpaired) electrons. The minimum absolute atomic E-state index is 0.875. The van der Waals surface area contributed by atoms with Crippen LogP contribution >= 0.6 is 0 Å². The largest absolute Gasteiger partial charge is 0.496 e. The van der Waals surface area contributed by atoms with Gasteiger partial charge < -0.3 is 10.1 Å². The van der Waals surface area contributed by atoms with Gasteiger partial charge in [-0.25, -0.2) is 0 Å². The summed E-state index contributed by atoms with van der Waals surface area (Å²) in [7, 11) is 5.53. The summed E-state index contributed by atoms with van der Waals surface area (Å²) in [5.41, 5.74) is 4.60. The summed E-state index contributed by atoms with van der Waals surface area (Å²) in [6.45, 7) is 4.14. The fraction of sp³-hybridized carbons (Fsp3) is 0.357. The van der Waals surface area contributed by atoms with Crippen LogP contribution in [0.1, 0.15) is 11.1 Å². The lowest BCUT2D eigenvalue weighted by molar-refractivity contribution is 0.411. The van der Waals surface area contributed by atoms with Gasteiger partial charge in [-0.3, -0.25) is 4.68 Å². The van der Waals surface area contributed by atoms with Gasteiger partial charge in [-0.15, -0.1) is 0 Å². The summed E-state index contributed by atoms with van der Waals surface area (Å²) in [5.74, 6) is 1.80. The molecule has 0 spiro atoms. The molecule has 2 rings (SSSR count). The van der Waals surface area contributed by atoms with E-state index in [1.165, 1.54) is 11.1 Å². The Morgan fingerprint density at radius 3 is 2.44 bits per heavy atom. The van der Waals surface area contributed by atoms with Gasteiger partial charge in [0, 0.05) is 25.7 Å². The molecule has 4 nitrogen and oxygen atoms in total. The number of methoxy groups -OCH3 is 1. The van der Waals surface area contributed by atoms with E-state index in [0.29, 0.717) is 0 Å². The van der Waals surface area contributed by atoms with Crippen LogP contribution in [0.25, 0.3) is 11.3 Å². The van der Waals surface area contributed by atoms with E-state index in [4.69, 9.17) is 4.74 Å². The van der Waals surface area contributed by atoms with Crippen molar-refractivity contribution in [1.29, 1.82) is 0 Å². The molecule has 0 atom stereocenters. The summed E-state index contributed by atoms with van der Waals surface area (Å²) in [5, 5.41) is 7.45. The Kier molecular flexibility index (Phi) is 3.28. The van der Waals surface area contributed by atoms with Crippen LogP contribution in [0.3, 0.4) is 0 Å². The Balaban J connectivity index is 2.56. The zero-order chi connectivity index (χ0) is 13.3. The van der Waals surface area contributed by atoms with Crippen LogP contribution < -0.4 is 10.1 Å². The van der Waals surface area contributed by atoms with Crippen molar-refractivity contribution in [1.82, 2.24) is 9.78 Å². The van der Waals surface area contributed by atoms with Crippen LogP contribution in [0.4, 0.5) is 5.82 Å². The second kappa shape index (κ2) is 4.72. The lowest BCUT2D eigenvalue weighted by atomic mass is 10.0. The highest BCUT2D eigenvalue weighted by Crippen LogP contribution is 2.30. The number of nitrogens with zero attached hydrogens (tertiary/aromatic N) is 2. The Morgan fingerprint density at radius 2 is 1.89 bits per heavy atom. The van der Waals surface area contributed by atoms with Crippen molar-refractivity contribution in [3.8, 4) is 17.0 Å². The van der Waals surface area contributed by atoms with Crippen LogP contribution in [0, 0.1) is 13.8 Å². The summed E-state index contributed by atoms with van der Waals surface area (Å²) in [4.78, 5) is 0. The zero-order valence-corrected chi connectivity index (χ0v) is 11.5. The van der Waals surface area contributed by atoms with E-state index in [9.17, 15) is 0 Å². The topological polar surface area (TPSA) is 39.1 Å². The molecule has 0 saturated carbocycles. The molecule has 4 heteroatoms. The fourth-order valence-electron chi connectivity index (χ4n) is 2.13. The Morgan fingerprint density at radius 1 is 1.17 bits per heavy atom. The third kappa shape index (κ3) is 2.06. The number of nitrogens with one attached hydrogen (secondary N) is 1. The van der Waals surface area contributed by atoms with Gasteiger partial charge in [0.15, 0.2) is 0 Å². The molecule has 2 aromatic rings. The molecule has 0 amide bonds. The molecule has 0 unspecified atom stereocenters. The Hall–Kier alpha value is -1.97. The third-order valence-electron chi connectivity index (χ3n) is 3.15. The van der Waals surface area contributed by atoms with Gasteiger partial charge in [-0.05, 0) is 37.1 Å². The molecule has 1 aromatic carbocycles. The number of rotatable bonds is 3. The standard InChI is InChI=1S/C14H19N3O/c1-9-7-13(18-5)10(2)6-11(9)12-8-14(15-3)16-17(12)4/h6-8H,1-5H3,(H,15,16). The van der Waals surface area contributed by atoms with Crippen molar-refractivity contribution in [2.45, 2.75) is 13.8 Å². The molecule has 96 valence electrons. The maximum atomic E-state index is 5.34. The minimum Gasteiger partial charge on any atom is -0.496 e. The fourth-order valence-corrected chi connectivity index (χ4v) is 2.13. The number of ether oxygens (including phenoxy) is 1. The first-order valence-corrected chi connectivity index (χ1v) is 5.94. The maximum absolute atomic E-state index is 5.34. The number of anilines is 1.